The Labute approximate surface area is 67.9 Å². The SMILES string of the molecule is NC(=O)C1=NCC([N+](=O)[O-])C=C1. The molecule has 1 unspecified atom stereocenters. The van der Waals surface area contributed by atoms with Gasteiger partial charge in [-0.2, -0.15) is 0 Å². The minimum Gasteiger partial charge on any atom is -0.364 e. The molecule has 6 heteroatoms. The lowest BCUT2D eigenvalue weighted by Gasteiger charge is -2.06. The first-order valence-electron chi connectivity index (χ1n) is 3.27. The Kier molecular flexibility index (Phi) is 2.18. The van der Waals surface area contributed by atoms with E-state index in [0.29, 0.717) is 0 Å². The monoisotopic (exact) mass is 169 g/mol. The average molecular weight is 169 g/mol. The molecule has 12 heavy (non-hydrogen) atoms. The Hall–Kier alpha value is -1.72. The number of aliphatic imine (C=N–C) groups is 1. The van der Waals surface area contributed by atoms with E-state index in [1.165, 1.54) is 12.2 Å². The van der Waals surface area contributed by atoms with Gasteiger partial charge in [-0.15, -0.1) is 0 Å². The zero-order valence-corrected chi connectivity index (χ0v) is 6.14. The molecule has 0 aromatic heterocycles. The summed E-state index contributed by atoms with van der Waals surface area (Å²) in [5, 5.41) is 10.2. The molecule has 0 spiro atoms. The molecule has 1 heterocycles. The van der Waals surface area contributed by atoms with Crippen LogP contribution in [0.4, 0.5) is 0 Å². The third kappa shape index (κ3) is 1.66. The molecule has 0 saturated heterocycles. The fraction of sp³-hybridized carbons (Fsp3) is 0.333. The molecule has 6 nitrogen and oxygen atoms in total. The van der Waals surface area contributed by atoms with Crippen molar-refractivity contribution >= 4 is 11.6 Å². The summed E-state index contributed by atoms with van der Waals surface area (Å²) in [6.07, 6.45) is 2.59. The summed E-state index contributed by atoms with van der Waals surface area (Å²) >= 11 is 0. The maximum Gasteiger partial charge on any atom is 0.266 e. The normalized spacial score (nSPS) is 21.7. The van der Waals surface area contributed by atoms with Crippen molar-refractivity contribution in [3.05, 3.63) is 22.3 Å². The van der Waals surface area contributed by atoms with Gasteiger partial charge in [0.15, 0.2) is 0 Å². The van der Waals surface area contributed by atoms with Crippen LogP contribution in [-0.2, 0) is 4.79 Å². The predicted octanol–water partition coefficient (Wildman–Crippen LogP) is -0.872. The third-order valence-corrected chi connectivity index (χ3v) is 1.45. The number of nitrogens with zero attached hydrogens (tertiary/aromatic N) is 2. The van der Waals surface area contributed by atoms with Crippen LogP contribution in [0.2, 0.25) is 0 Å². The second-order valence-electron chi connectivity index (χ2n) is 2.30. The maximum atomic E-state index is 10.5. The Morgan fingerprint density at radius 2 is 2.50 bits per heavy atom. The molecule has 1 aliphatic rings. The van der Waals surface area contributed by atoms with Gasteiger partial charge in [-0.3, -0.25) is 19.9 Å². The molecule has 1 amide bonds. The first-order chi connectivity index (χ1) is 5.61. The van der Waals surface area contributed by atoms with Crippen molar-refractivity contribution in [2.24, 2.45) is 10.7 Å². The number of carbonyl (C=O) groups is 1. The Morgan fingerprint density at radius 3 is 2.83 bits per heavy atom. The van der Waals surface area contributed by atoms with Crippen molar-refractivity contribution in [2.75, 3.05) is 6.54 Å². The van der Waals surface area contributed by atoms with E-state index in [2.05, 4.69) is 4.99 Å². The van der Waals surface area contributed by atoms with E-state index in [1.54, 1.807) is 0 Å². The second kappa shape index (κ2) is 3.12. The summed E-state index contributed by atoms with van der Waals surface area (Å²) < 4.78 is 0. The van der Waals surface area contributed by atoms with Crippen molar-refractivity contribution in [3.8, 4) is 0 Å². The highest BCUT2D eigenvalue weighted by Crippen LogP contribution is 2.01. The number of carbonyl (C=O) groups excluding carboxylic acids is 1. The summed E-state index contributed by atoms with van der Waals surface area (Å²) in [5.74, 6) is -0.659. The molecule has 1 aliphatic heterocycles. The summed E-state index contributed by atoms with van der Waals surface area (Å²) in [7, 11) is 0. The van der Waals surface area contributed by atoms with Crippen LogP contribution in [0.1, 0.15) is 0 Å². The number of nitro groups is 1. The highest BCUT2D eigenvalue weighted by Gasteiger charge is 2.20. The predicted molar refractivity (Wildman–Crippen MR) is 41.4 cm³/mol. The van der Waals surface area contributed by atoms with Crippen molar-refractivity contribution < 1.29 is 9.72 Å². The number of rotatable bonds is 2. The lowest BCUT2D eigenvalue weighted by molar-refractivity contribution is -0.506. The van der Waals surface area contributed by atoms with Gasteiger partial charge in [0, 0.05) is 4.92 Å². The number of amides is 1. The quantitative estimate of drug-likeness (QED) is 0.429. The van der Waals surface area contributed by atoms with Crippen LogP contribution < -0.4 is 5.73 Å². The molecule has 0 bridgehead atoms. The average Bonchev–Trinajstić information content (AvgIpc) is 2.04. The van der Waals surface area contributed by atoms with Crippen LogP contribution >= 0.6 is 0 Å². The molecule has 0 aromatic carbocycles. The van der Waals surface area contributed by atoms with Crippen LogP contribution in [0.15, 0.2) is 17.1 Å². The molecular formula is C6H7N3O3. The van der Waals surface area contributed by atoms with E-state index >= 15 is 0 Å². The molecular weight excluding hydrogens is 162 g/mol. The van der Waals surface area contributed by atoms with Gasteiger partial charge in [0.25, 0.3) is 11.9 Å². The fourth-order valence-corrected chi connectivity index (χ4v) is 0.805. The van der Waals surface area contributed by atoms with Crippen LogP contribution in [0, 0.1) is 10.1 Å². The summed E-state index contributed by atoms with van der Waals surface area (Å²) in [6.45, 7) is -0.0121. The number of nitrogens with two attached hydrogens (primary N) is 1. The van der Waals surface area contributed by atoms with Gasteiger partial charge in [-0.05, 0) is 12.2 Å². The van der Waals surface area contributed by atoms with Gasteiger partial charge in [0.1, 0.15) is 12.3 Å². The minimum atomic E-state index is -0.826. The Balaban J connectivity index is 2.68. The van der Waals surface area contributed by atoms with E-state index in [4.69, 9.17) is 5.73 Å². The van der Waals surface area contributed by atoms with Crippen molar-refractivity contribution in [1.82, 2.24) is 0 Å². The van der Waals surface area contributed by atoms with Gasteiger partial charge in [-0.1, -0.05) is 0 Å². The molecule has 0 radical (unpaired) electrons. The van der Waals surface area contributed by atoms with E-state index in [9.17, 15) is 14.9 Å². The van der Waals surface area contributed by atoms with Crippen LogP contribution in [0.3, 0.4) is 0 Å². The number of hydrogen-bond acceptors (Lipinski definition) is 4. The van der Waals surface area contributed by atoms with E-state index < -0.39 is 16.9 Å². The standard InChI is InChI=1S/C6H7N3O3/c7-6(10)5-2-1-4(3-8-5)9(11)12/h1-2,4H,3H2,(H2,7,10). The van der Waals surface area contributed by atoms with Crippen LogP contribution in [0.25, 0.3) is 0 Å². The number of dihydropyridines is 1. The fourth-order valence-electron chi connectivity index (χ4n) is 0.805. The Morgan fingerprint density at radius 1 is 1.83 bits per heavy atom. The second-order valence-corrected chi connectivity index (χ2v) is 2.30. The zero-order valence-electron chi connectivity index (χ0n) is 6.14. The minimum absolute atomic E-state index is 0.0121. The first kappa shape index (κ1) is 8.38. The van der Waals surface area contributed by atoms with Gasteiger partial charge in [-0.25, -0.2) is 0 Å². The molecule has 0 saturated carbocycles. The lowest BCUT2D eigenvalue weighted by atomic mass is 10.2. The first-order valence-corrected chi connectivity index (χ1v) is 3.27. The third-order valence-electron chi connectivity index (χ3n) is 1.45. The highest BCUT2D eigenvalue weighted by atomic mass is 16.6. The van der Waals surface area contributed by atoms with Crippen LogP contribution in [-0.4, -0.2) is 29.1 Å². The molecule has 64 valence electrons. The van der Waals surface area contributed by atoms with E-state index in [0.717, 1.165) is 0 Å². The largest absolute Gasteiger partial charge is 0.364 e. The molecule has 2 N–H and O–H groups in total. The van der Waals surface area contributed by atoms with Gasteiger partial charge in [0.2, 0.25) is 0 Å². The zero-order chi connectivity index (χ0) is 9.14. The molecule has 0 fully saturated rings. The molecule has 1 atom stereocenters. The molecule has 0 aromatic rings. The summed E-state index contributed by atoms with van der Waals surface area (Å²) in [4.78, 5) is 23.9. The molecule has 0 aliphatic carbocycles. The smallest absolute Gasteiger partial charge is 0.266 e. The lowest BCUT2D eigenvalue weighted by Crippen LogP contribution is -2.29. The summed E-state index contributed by atoms with van der Waals surface area (Å²) in [5.41, 5.74) is 4.99. The number of hydrogen-bond donors (Lipinski definition) is 1. The molecule has 1 rings (SSSR count). The van der Waals surface area contributed by atoms with E-state index in [1.807, 2.05) is 0 Å². The maximum absolute atomic E-state index is 10.5. The van der Waals surface area contributed by atoms with Gasteiger partial charge in [0.05, 0.1) is 0 Å². The van der Waals surface area contributed by atoms with Gasteiger partial charge < -0.3 is 5.73 Å². The van der Waals surface area contributed by atoms with Gasteiger partial charge >= 0.3 is 0 Å². The van der Waals surface area contributed by atoms with Crippen molar-refractivity contribution in [2.45, 2.75) is 6.04 Å². The van der Waals surface area contributed by atoms with Crippen LogP contribution in [0.5, 0.6) is 0 Å². The number of primary amides is 1. The Bertz CT molecular complexity index is 282. The highest BCUT2D eigenvalue weighted by molar-refractivity contribution is 6.43. The topological polar surface area (TPSA) is 98.6 Å². The van der Waals surface area contributed by atoms with Crippen molar-refractivity contribution in [1.29, 1.82) is 0 Å². The summed E-state index contributed by atoms with van der Waals surface area (Å²) in [6, 6.07) is -0.826. The van der Waals surface area contributed by atoms with Crippen molar-refractivity contribution in [3.63, 3.8) is 0 Å². The van der Waals surface area contributed by atoms with E-state index in [-0.39, 0.29) is 12.3 Å².